The predicted molar refractivity (Wildman–Crippen MR) is 159 cm³/mol. The van der Waals surface area contributed by atoms with Crippen molar-refractivity contribution in [2.45, 2.75) is 37.1 Å². The molecule has 0 radical (unpaired) electrons. The molecule has 1 fully saturated rings. The number of Topliss-reactive ketones (excluding diaryl/α,β-unsaturated/α-hetero) is 1. The van der Waals surface area contributed by atoms with E-state index in [1.54, 1.807) is 18.4 Å². The van der Waals surface area contributed by atoms with Gasteiger partial charge in [0, 0.05) is 12.1 Å². The summed E-state index contributed by atoms with van der Waals surface area (Å²) in [7, 11) is 1.63. The predicted octanol–water partition coefficient (Wildman–Crippen LogP) is 7.26. The summed E-state index contributed by atoms with van der Waals surface area (Å²) in [4.78, 5) is 39.6. The summed E-state index contributed by atoms with van der Waals surface area (Å²) in [6, 6.07) is 22.9. The minimum Gasteiger partial charge on any atom is -0.497 e. The molecule has 0 spiro atoms. The Morgan fingerprint density at radius 2 is 1.79 bits per heavy atom. The molecule has 1 aromatic heterocycles. The van der Waals surface area contributed by atoms with Crippen molar-refractivity contribution in [1.82, 2.24) is 4.98 Å². The van der Waals surface area contributed by atoms with E-state index in [9.17, 15) is 9.59 Å². The number of rotatable bonds is 5. The highest BCUT2D eigenvalue weighted by atomic mass is 32.2. The van der Waals surface area contributed by atoms with E-state index in [0.29, 0.717) is 12.8 Å². The summed E-state index contributed by atoms with van der Waals surface area (Å²) >= 11 is 3.02. The van der Waals surface area contributed by atoms with Crippen LogP contribution in [-0.4, -0.2) is 35.2 Å². The zero-order valence-corrected chi connectivity index (χ0v) is 23.7. The molecule has 3 aromatic carbocycles. The Kier molecular flexibility index (Phi) is 6.77. The molecular formula is C31H29N3O3S2. The topological polar surface area (TPSA) is 71.9 Å². The van der Waals surface area contributed by atoms with Crippen LogP contribution in [0.1, 0.15) is 38.3 Å². The van der Waals surface area contributed by atoms with Crippen LogP contribution in [0, 0.1) is 11.3 Å². The number of ketones is 1. The van der Waals surface area contributed by atoms with E-state index in [1.807, 2.05) is 77.7 Å². The van der Waals surface area contributed by atoms with Crippen molar-refractivity contribution < 1.29 is 14.3 Å². The largest absolute Gasteiger partial charge is 0.497 e. The summed E-state index contributed by atoms with van der Waals surface area (Å²) in [5.41, 5.74) is 3.92. The number of ether oxygens (including phenoxy) is 1. The van der Waals surface area contributed by atoms with Crippen molar-refractivity contribution in [3.05, 3.63) is 78.4 Å². The van der Waals surface area contributed by atoms with E-state index in [0.717, 1.165) is 43.0 Å². The van der Waals surface area contributed by atoms with Crippen LogP contribution in [0.3, 0.4) is 0 Å². The van der Waals surface area contributed by atoms with Gasteiger partial charge in [-0.05, 0) is 53.8 Å². The third kappa shape index (κ3) is 4.99. The number of aliphatic imine (C=N–C) groups is 1. The van der Waals surface area contributed by atoms with Gasteiger partial charge in [0.2, 0.25) is 5.91 Å². The monoisotopic (exact) mass is 555 g/mol. The lowest BCUT2D eigenvalue weighted by Crippen LogP contribution is -2.47. The van der Waals surface area contributed by atoms with Crippen molar-refractivity contribution in [2.75, 3.05) is 17.8 Å². The average Bonchev–Trinajstić information content (AvgIpc) is 3.28. The van der Waals surface area contributed by atoms with Gasteiger partial charge in [0.25, 0.3) is 0 Å². The summed E-state index contributed by atoms with van der Waals surface area (Å²) in [6.07, 6.45) is 1.15. The van der Waals surface area contributed by atoms with E-state index < -0.39 is 12.0 Å². The third-order valence-corrected chi connectivity index (χ3v) is 9.50. The standard InChI is InChI=1S/C31H29N3O3S2/c1-31(2)16-23-28(25(35)17-31)29(19-12-14-20(37-3)15-13-19)34(24-10-6-4-8-21(24)32-23)27(36)18-38-30-33-22-9-5-7-11-26(22)39-30/h4-15,28-29H,16-18H2,1-3H3/t28-,29-/m1/s1. The first-order chi connectivity index (χ1) is 18.8. The van der Waals surface area contributed by atoms with Gasteiger partial charge in [-0.2, -0.15) is 0 Å². The van der Waals surface area contributed by atoms with Crippen LogP contribution in [-0.2, 0) is 9.59 Å². The van der Waals surface area contributed by atoms with E-state index in [1.165, 1.54) is 11.8 Å². The number of carbonyl (C=O) groups is 2. The van der Waals surface area contributed by atoms with Crippen LogP contribution in [0.4, 0.5) is 11.4 Å². The fourth-order valence-electron chi connectivity index (χ4n) is 5.65. The fraction of sp³-hybridized carbons (Fsp3) is 0.290. The number of carbonyl (C=O) groups excluding carboxylic acids is 2. The third-order valence-electron chi connectivity index (χ3n) is 7.34. The molecule has 6 nitrogen and oxygen atoms in total. The van der Waals surface area contributed by atoms with Crippen LogP contribution in [0.2, 0.25) is 0 Å². The number of hydrogen-bond acceptors (Lipinski definition) is 7. The Bertz CT molecular complexity index is 1560. The van der Waals surface area contributed by atoms with Gasteiger partial charge in [0.05, 0.1) is 46.4 Å². The number of thiazole rings is 1. The summed E-state index contributed by atoms with van der Waals surface area (Å²) in [5, 5.41) is 0. The minimum absolute atomic E-state index is 0.0818. The van der Waals surface area contributed by atoms with Gasteiger partial charge in [-0.1, -0.05) is 62.0 Å². The van der Waals surface area contributed by atoms with Gasteiger partial charge in [-0.15, -0.1) is 11.3 Å². The molecule has 1 saturated carbocycles. The lowest BCUT2D eigenvalue weighted by atomic mass is 9.68. The number of aromatic nitrogens is 1. The van der Waals surface area contributed by atoms with E-state index in [4.69, 9.17) is 14.7 Å². The number of nitrogens with zero attached hydrogens (tertiary/aromatic N) is 3. The number of thioether (sulfide) groups is 1. The van der Waals surface area contributed by atoms with E-state index in [2.05, 4.69) is 13.8 Å². The van der Waals surface area contributed by atoms with Crippen LogP contribution in [0.15, 0.2) is 82.1 Å². The summed E-state index contributed by atoms with van der Waals surface area (Å²) in [6.45, 7) is 4.22. The molecule has 2 atom stereocenters. The van der Waals surface area contributed by atoms with Crippen LogP contribution >= 0.6 is 23.1 Å². The SMILES string of the molecule is COc1ccc([C@@H]2[C@H]3C(=O)CC(C)(C)CC3=Nc3ccccc3N2C(=O)CSc2nc3ccccc3s2)cc1. The lowest BCUT2D eigenvalue weighted by molar-refractivity contribution is -0.124. The van der Waals surface area contributed by atoms with Crippen molar-refractivity contribution in [3.63, 3.8) is 0 Å². The van der Waals surface area contributed by atoms with Crippen molar-refractivity contribution in [1.29, 1.82) is 0 Å². The van der Waals surface area contributed by atoms with E-state index in [-0.39, 0.29) is 22.9 Å². The minimum atomic E-state index is -0.518. The Balaban J connectivity index is 1.43. The highest BCUT2D eigenvalue weighted by Crippen LogP contribution is 2.48. The molecule has 4 aromatic rings. The number of para-hydroxylation sites is 3. The van der Waals surface area contributed by atoms with Crippen molar-refractivity contribution in [3.8, 4) is 5.75 Å². The maximum atomic E-state index is 14.2. The summed E-state index contributed by atoms with van der Waals surface area (Å²) < 4.78 is 7.34. The average molecular weight is 556 g/mol. The number of fused-ring (bicyclic) bond motifs is 3. The van der Waals surface area contributed by atoms with Gasteiger partial charge >= 0.3 is 0 Å². The second-order valence-corrected chi connectivity index (χ2v) is 13.0. The molecule has 0 bridgehead atoms. The Labute approximate surface area is 236 Å². The molecule has 2 aliphatic rings. The second kappa shape index (κ2) is 10.2. The molecule has 0 unspecified atom stereocenters. The fourth-order valence-corrected chi connectivity index (χ4v) is 7.58. The van der Waals surface area contributed by atoms with Crippen molar-refractivity contribution in [2.24, 2.45) is 16.3 Å². The molecule has 0 N–H and O–H groups in total. The smallest absolute Gasteiger partial charge is 0.238 e. The molecule has 0 saturated heterocycles. The normalized spacial score (nSPS) is 20.1. The Morgan fingerprint density at radius 1 is 1.05 bits per heavy atom. The number of methoxy groups -OCH3 is 1. The van der Waals surface area contributed by atoms with Gasteiger partial charge in [-0.25, -0.2) is 4.98 Å². The number of benzene rings is 3. The first kappa shape index (κ1) is 25.8. The second-order valence-electron chi connectivity index (χ2n) is 10.8. The summed E-state index contributed by atoms with van der Waals surface area (Å²) in [5.74, 6) is 0.442. The molecule has 6 rings (SSSR count). The van der Waals surface area contributed by atoms with Gasteiger partial charge < -0.3 is 9.64 Å². The molecule has 2 heterocycles. The number of anilines is 1. The van der Waals surface area contributed by atoms with Crippen LogP contribution in [0.5, 0.6) is 5.75 Å². The molecule has 39 heavy (non-hydrogen) atoms. The van der Waals surface area contributed by atoms with Crippen molar-refractivity contribution >= 4 is 62.1 Å². The first-order valence-electron chi connectivity index (χ1n) is 13.0. The lowest BCUT2D eigenvalue weighted by Gasteiger charge is -2.41. The Hall–Kier alpha value is -3.49. The maximum Gasteiger partial charge on any atom is 0.238 e. The molecular weight excluding hydrogens is 526 g/mol. The van der Waals surface area contributed by atoms with Crippen LogP contribution < -0.4 is 9.64 Å². The zero-order valence-electron chi connectivity index (χ0n) is 22.1. The number of amides is 1. The van der Waals surface area contributed by atoms with E-state index >= 15 is 0 Å². The van der Waals surface area contributed by atoms with Gasteiger partial charge in [0.1, 0.15) is 11.5 Å². The quantitative estimate of drug-likeness (QED) is 0.242. The Morgan fingerprint density at radius 3 is 2.56 bits per heavy atom. The molecule has 1 amide bonds. The maximum absolute atomic E-state index is 14.2. The number of hydrogen-bond donors (Lipinski definition) is 0. The first-order valence-corrected chi connectivity index (χ1v) is 14.8. The molecule has 8 heteroatoms. The molecule has 1 aliphatic heterocycles. The molecule has 198 valence electrons. The highest BCUT2D eigenvalue weighted by molar-refractivity contribution is 8.01. The van der Waals surface area contributed by atoms with Gasteiger partial charge in [0.15, 0.2) is 4.34 Å². The molecule has 1 aliphatic carbocycles. The van der Waals surface area contributed by atoms with Gasteiger partial charge in [-0.3, -0.25) is 14.6 Å². The highest BCUT2D eigenvalue weighted by Gasteiger charge is 2.47. The zero-order chi connectivity index (χ0) is 27.1. The van der Waals surface area contributed by atoms with Crippen LogP contribution in [0.25, 0.3) is 10.2 Å².